The molecule has 6 heteroatoms. The monoisotopic (exact) mass is 458 g/mol. The van der Waals surface area contributed by atoms with Crippen molar-refractivity contribution < 1.29 is 4.79 Å². The van der Waals surface area contributed by atoms with E-state index in [2.05, 4.69) is 67.5 Å². The third-order valence-corrected chi connectivity index (χ3v) is 6.77. The quantitative estimate of drug-likeness (QED) is 0.297. The molecule has 33 heavy (non-hydrogen) atoms. The number of benzene rings is 2. The standard InChI is InChI=1S/C27H30N4OS/c1-5-24(26(32)29-22-14-12-21(13-15-22)18(2)3)31-25-23(7-6-16-28-25)30-27(31)33-17-20-10-8-19(4)9-11-20/h6-16,18,24H,5,17H2,1-4H3,(H,29,32). The summed E-state index contributed by atoms with van der Waals surface area (Å²) in [6, 6.07) is 20.0. The molecule has 4 aromatic rings. The zero-order chi connectivity index (χ0) is 23.4. The number of thioether (sulfide) groups is 1. The van der Waals surface area contributed by atoms with Crippen LogP contribution in [0, 0.1) is 6.92 Å². The molecule has 1 atom stereocenters. The van der Waals surface area contributed by atoms with Crippen LogP contribution in [0.25, 0.3) is 11.2 Å². The number of fused-ring (bicyclic) bond motifs is 1. The Morgan fingerprint density at radius 1 is 1.06 bits per heavy atom. The molecule has 4 rings (SSSR count). The fourth-order valence-corrected chi connectivity index (χ4v) is 4.79. The highest BCUT2D eigenvalue weighted by Crippen LogP contribution is 2.31. The van der Waals surface area contributed by atoms with Crippen molar-refractivity contribution in [1.82, 2.24) is 14.5 Å². The summed E-state index contributed by atoms with van der Waals surface area (Å²) in [5.74, 6) is 1.17. The predicted octanol–water partition coefficient (Wildman–Crippen LogP) is 6.75. The number of nitrogens with zero attached hydrogens (tertiary/aromatic N) is 3. The number of aryl methyl sites for hydroxylation is 1. The molecule has 5 nitrogen and oxygen atoms in total. The van der Waals surface area contributed by atoms with Crippen LogP contribution in [-0.2, 0) is 10.5 Å². The van der Waals surface area contributed by atoms with Crippen molar-refractivity contribution in [2.75, 3.05) is 5.32 Å². The average molecular weight is 459 g/mol. The predicted molar refractivity (Wildman–Crippen MR) is 137 cm³/mol. The van der Waals surface area contributed by atoms with Crippen molar-refractivity contribution in [3.8, 4) is 0 Å². The number of carbonyl (C=O) groups excluding carboxylic acids is 1. The summed E-state index contributed by atoms with van der Waals surface area (Å²) in [5, 5.41) is 3.90. The number of amides is 1. The van der Waals surface area contributed by atoms with E-state index in [1.807, 2.05) is 35.8 Å². The fourth-order valence-electron chi connectivity index (χ4n) is 3.79. The maximum Gasteiger partial charge on any atom is 0.247 e. The Balaban J connectivity index is 1.61. The highest BCUT2D eigenvalue weighted by Gasteiger charge is 2.25. The van der Waals surface area contributed by atoms with Gasteiger partial charge in [0.05, 0.1) is 0 Å². The molecule has 0 radical (unpaired) electrons. The third-order valence-electron chi connectivity index (χ3n) is 5.75. The van der Waals surface area contributed by atoms with E-state index in [9.17, 15) is 4.79 Å². The number of hydrogen-bond donors (Lipinski definition) is 1. The van der Waals surface area contributed by atoms with Gasteiger partial charge in [-0.25, -0.2) is 9.97 Å². The van der Waals surface area contributed by atoms with Gasteiger partial charge in [-0.1, -0.05) is 74.5 Å². The fraction of sp³-hybridized carbons (Fsp3) is 0.296. The molecule has 0 aliphatic rings. The Morgan fingerprint density at radius 2 is 1.79 bits per heavy atom. The number of hydrogen-bond acceptors (Lipinski definition) is 4. The molecular weight excluding hydrogens is 428 g/mol. The molecule has 0 spiro atoms. The van der Waals surface area contributed by atoms with Crippen LogP contribution in [0.1, 0.15) is 55.8 Å². The molecule has 0 aliphatic carbocycles. The van der Waals surface area contributed by atoms with E-state index in [1.54, 1.807) is 18.0 Å². The van der Waals surface area contributed by atoms with Crippen LogP contribution in [-0.4, -0.2) is 20.4 Å². The maximum absolute atomic E-state index is 13.4. The van der Waals surface area contributed by atoms with Gasteiger partial charge in [0.15, 0.2) is 10.8 Å². The summed E-state index contributed by atoms with van der Waals surface area (Å²) in [4.78, 5) is 22.8. The molecule has 170 valence electrons. The molecule has 0 fully saturated rings. The van der Waals surface area contributed by atoms with Gasteiger partial charge in [0, 0.05) is 17.6 Å². The van der Waals surface area contributed by atoms with Crippen LogP contribution >= 0.6 is 11.8 Å². The number of imidazole rings is 1. The van der Waals surface area contributed by atoms with Gasteiger partial charge >= 0.3 is 0 Å². The van der Waals surface area contributed by atoms with E-state index < -0.39 is 6.04 Å². The van der Waals surface area contributed by atoms with Gasteiger partial charge in [-0.05, 0) is 54.7 Å². The molecule has 1 unspecified atom stereocenters. The first-order chi connectivity index (χ1) is 16.0. The van der Waals surface area contributed by atoms with Crippen LogP contribution in [0.15, 0.2) is 72.0 Å². The molecule has 2 aromatic carbocycles. The topological polar surface area (TPSA) is 59.8 Å². The Bertz CT molecular complexity index is 1230. The Kier molecular flexibility index (Phi) is 7.14. The van der Waals surface area contributed by atoms with Gasteiger partial charge in [0.25, 0.3) is 0 Å². The number of aromatic nitrogens is 3. The van der Waals surface area contributed by atoms with Crippen molar-refractivity contribution in [2.45, 2.75) is 57.0 Å². The number of pyridine rings is 1. The number of anilines is 1. The molecule has 2 aromatic heterocycles. The second kappa shape index (κ2) is 10.2. The van der Waals surface area contributed by atoms with Gasteiger partial charge in [-0.3, -0.25) is 9.36 Å². The lowest BCUT2D eigenvalue weighted by atomic mass is 10.0. The summed E-state index contributed by atoms with van der Waals surface area (Å²) in [6.45, 7) is 8.43. The smallest absolute Gasteiger partial charge is 0.247 e. The average Bonchev–Trinajstić information content (AvgIpc) is 3.18. The summed E-state index contributed by atoms with van der Waals surface area (Å²) in [6.07, 6.45) is 2.39. The Morgan fingerprint density at radius 3 is 2.45 bits per heavy atom. The van der Waals surface area contributed by atoms with E-state index in [-0.39, 0.29) is 5.91 Å². The number of rotatable bonds is 8. The van der Waals surface area contributed by atoms with Crippen molar-refractivity contribution in [3.63, 3.8) is 0 Å². The zero-order valence-electron chi connectivity index (χ0n) is 19.6. The summed E-state index contributed by atoms with van der Waals surface area (Å²) in [7, 11) is 0. The van der Waals surface area contributed by atoms with Crippen LogP contribution in [0.2, 0.25) is 0 Å². The van der Waals surface area contributed by atoms with E-state index in [1.165, 1.54) is 16.7 Å². The minimum Gasteiger partial charge on any atom is -0.324 e. The first-order valence-corrected chi connectivity index (χ1v) is 12.4. The van der Waals surface area contributed by atoms with Crippen LogP contribution in [0.5, 0.6) is 0 Å². The molecule has 0 saturated carbocycles. The summed E-state index contributed by atoms with van der Waals surface area (Å²) < 4.78 is 1.99. The van der Waals surface area contributed by atoms with E-state index in [0.717, 1.165) is 27.8 Å². The van der Waals surface area contributed by atoms with E-state index in [4.69, 9.17) is 4.98 Å². The summed E-state index contributed by atoms with van der Waals surface area (Å²) >= 11 is 1.64. The second-order valence-corrected chi connectivity index (χ2v) is 9.52. The minimum absolute atomic E-state index is 0.0584. The SMILES string of the molecule is CCC(C(=O)Nc1ccc(C(C)C)cc1)n1c(SCc2ccc(C)cc2)nc2cccnc21. The largest absolute Gasteiger partial charge is 0.324 e. The van der Waals surface area contributed by atoms with Gasteiger partial charge in [-0.15, -0.1) is 0 Å². The van der Waals surface area contributed by atoms with Crippen LogP contribution < -0.4 is 5.32 Å². The Labute approximate surface area is 199 Å². The van der Waals surface area contributed by atoms with Crippen molar-refractivity contribution >= 4 is 34.5 Å². The van der Waals surface area contributed by atoms with Crippen LogP contribution in [0.3, 0.4) is 0 Å². The first-order valence-electron chi connectivity index (χ1n) is 11.4. The second-order valence-electron chi connectivity index (χ2n) is 8.57. The van der Waals surface area contributed by atoms with Gasteiger partial charge in [-0.2, -0.15) is 0 Å². The normalized spacial score (nSPS) is 12.3. The maximum atomic E-state index is 13.4. The lowest BCUT2D eigenvalue weighted by Crippen LogP contribution is -2.26. The molecule has 2 heterocycles. The Hall–Kier alpha value is -3.12. The molecule has 0 aliphatic heterocycles. The minimum atomic E-state index is -0.407. The lowest BCUT2D eigenvalue weighted by Gasteiger charge is -2.19. The molecule has 1 amide bonds. The first kappa shape index (κ1) is 23.1. The van der Waals surface area contributed by atoms with Crippen molar-refractivity contribution in [3.05, 3.63) is 83.6 Å². The van der Waals surface area contributed by atoms with E-state index in [0.29, 0.717) is 12.3 Å². The molecule has 0 saturated heterocycles. The highest BCUT2D eigenvalue weighted by atomic mass is 32.2. The number of nitrogens with one attached hydrogen (secondary N) is 1. The van der Waals surface area contributed by atoms with Gasteiger partial charge < -0.3 is 5.32 Å². The summed E-state index contributed by atoms with van der Waals surface area (Å²) in [5.41, 5.74) is 6.05. The lowest BCUT2D eigenvalue weighted by molar-refractivity contribution is -0.119. The van der Waals surface area contributed by atoms with Crippen molar-refractivity contribution in [1.29, 1.82) is 0 Å². The van der Waals surface area contributed by atoms with Gasteiger partial charge in [0.1, 0.15) is 11.6 Å². The number of carbonyl (C=O) groups is 1. The van der Waals surface area contributed by atoms with Gasteiger partial charge in [0.2, 0.25) is 5.91 Å². The molecule has 0 bridgehead atoms. The highest BCUT2D eigenvalue weighted by molar-refractivity contribution is 7.98. The molecule has 1 N–H and O–H groups in total. The molecular formula is C27H30N4OS. The zero-order valence-corrected chi connectivity index (χ0v) is 20.4. The third kappa shape index (κ3) is 5.28. The van der Waals surface area contributed by atoms with E-state index >= 15 is 0 Å². The van der Waals surface area contributed by atoms with Crippen molar-refractivity contribution in [2.24, 2.45) is 0 Å². The van der Waals surface area contributed by atoms with Crippen LogP contribution in [0.4, 0.5) is 5.69 Å².